The third-order valence-electron chi connectivity index (χ3n) is 1.79. The fourth-order valence-electron chi connectivity index (χ4n) is 0.970. The molecule has 0 aliphatic carbocycles. The second-order valence-electron chi connectivity index (χ2n) is 3.71. The summed E-state index contributed by atoms with van der Waals surface area (Å²) in [6, 6.07) is 0. The van der Waals surface area contributed by atoms with Crippen molar-refractivity contribution >= 4 is 40.8 Å². The molecular formula is C11H17N3O2S3. The van der Waals surface area contributed by atoms with Crippen molar-refractivity contribution in [2.24, 2.45) is 0 Å². The van der Waals surface area contributed by atoms with Gasteiger partial charge in [-0.25, -0.2) is 0 Å². The summed E-state index contributed by atoms with van der Waals surface area (Å²) in [6.45, 7) is 6.88. The molecule has 0 aliphatic rings. The molecule has 0 aliphatic heterocycles. The van der Waals surface area contributed by atoms with Gasteiger partial charge in [-0.3, -0.25) is 4.79 Å². The van der Waals surface area contributed by atoms with Crippen LogP contribution in [0, 0.1) is 0 Å². The van der Waals surface area contributed by atoms with Gasteiger partial charge >= 0.3 is 0 Å². The van der Waals surface area contributed by atoms with Gasteiger partial charge in [-0.05, 0) is 6.92 Å². The average molecular weight is 319 g/mol. The monoisotopic (exact) mass is 319 g/mol. The van der Waals surface area contributed by atoms with Gasteiger partial charge < -0.3 is 10.1 Å². The Bertz CT molecular complexity index is 423. The summed E-state index contributed by atoms with van der Waals surface area (Å²) in [6.07, 6.45) is 0. The maximum absolute atomic E-state index is 11.5. The van der Waals surface area contributed by atoms with Gasteiger partial charge in [-0.1, -0.05) is 47.0 Å². The number of amides is 1. The number of methoxy groups -OCH3 is 1. The van der Waals surface area contributed by atoms with Gasteiger partial charge in [0.1, 0.15) is 0 Å². The van der Waals surface area contributed by atoms with Gasteiger partial charge in [0.2, 0.25) is 5.91 Å². The molecule has 0 fully saturated rings. The van der Waals surface area contributed by atoms with Crippen LogP contribution in [0.25, 0.3) is 0 Å². The number of nitrogens with zero attached hydrogens (tertiary/aromatic N) is 2. The van der Waals surface area contributed by atoms with E-state index < -0.39 is 0 Å². The normalized spacial score (nSPS) is 10.4. The molecule has 0 saturated carbocycles. The Morgan fingerprint density at radius 1 is 1.37 bits per heavy atom. The van der Waals surface area contributed by atoms with Gasteiger partial charge in [0.25, 0.3) is 0 Å². The molecule has 1 N–H and O–H groups in total. The summed E-state index contributed by atoms with van der Waals surface area (Å²) in [4.78, 5) is 11.5. The van der Waals surface area contributed by atoms with Crippen molar-refractivity contribution in [3.63, 3.8) is 0 Å². The summed E-state index contributed by atoms with van der Waals surface area (Å²) in [5.41, 5.74) is 1.10. The molecule has 106 valence electrons. The Morgan fingerprint density at radius 3 is 2.58 bits per heavy atom. The zero-order valence-corrected chi connectivity index (χ0v) is 13.4. The van der Waals surface area contributed by atoms with Gasteiger partial charge in [0.15, 0.2) is 8.68 Å². The van der Waals surface area contributed by atoms with Crippen molar-refractivity contribution in [2.45, 2.75) is 15.6 Å². The van der Waals surface area contributed by atoms with Crippen LogP contribution in [0.2, 0.25) is 0 Å². The molecule has 0 spiro atoms. The van der Waals surface area contributed by atoms with Crippen molar-refractivity contribution in [2.75, 3.05) is 31.8 Å². The maximum Gasteiger partial charge on any atom is 0.230 e. The van der Waals surface area contributed by atoms with Crippen molar-refractivity contribution in [3.05, 3.63) is 12.2 Å². The molecule has 1 heterocycles. The molecule has 8 heteroatoms. The molecule has 1 rings (SSSR count). The minimum atomic E-state index is -0.0200. The van der Waals surface area contributed by atoms with E-state index in [4.69, 9.17) is 4.74 Å². The van der Waals surface area contributed by atoms with Crippen LogP contribution in [0.3, 0.4) is 0 Å². The van der Waals surface area contributed by atoms with E-state index in [0.29, 0.717) is 18.9 Å². The number of nitrogens with one attached hydrogen (secondary N) is 1. The topological polar surface area (TPSA) is 64.1 Å². The number of ether oxygens (including phenoxy) is 1. The molecule has 0 aromatic carbocycles. The van der Waals surface area contributed by atoms with Crippen LogP contribution in [0.4, 0.5) is 0 Å². The lowest BCUT2D eigenvalue weighted by Crippen LogP contribution is -2.28. The van der Waals surface area contributed by atoms with E-state index in [-0.39, 0.29) is 5.91 Å². The van der Waals surface area contributed by atoms with Crippen molar-refractivity contribution < 1.29 is 9.53 Å². The number of carbonyl (C=O) groups excluding carboxylic acids is 1. The lowest BCUT2D eigenvalue weighted by atomic mass is 10.4. The van der Waals surface area contributed by atoms with Crippen LogP contribution >= 0.6 is 34.9 Å². The molecule has 0 unspecified atom stereocenters. The number of hydrogen-bond acceptors (Lipinski definition) is 7. The second kappa shape index (κ2) is 9.35. The summed E-state index contributed by atoms with van der Waals surface area (Å²) in [5, 5.41) is 10.9. The first-order valence-corrected chi connectivity index (χ1v) is 8.39. The molecule has 0 saturated heterocycles. The van der Waals surface area contributed by atoms with E-state index in [0.717, 1.165) is 20.0 Å². The van der Waals surface area contributed by atoms with Crippen LogP contribution in [0.15, 0.2) is 20.8 Å². The lowest BCUT2D eigenvalue weighted by molar-refractivity contribution is -0.118. The molecule has 1 amide bonds. The van der Waals surface area contributed by atoms with Crippen LogP contribution in [-0.4, -0.2) is 47.9 Å². The third kappa shape index (κ3) is 7.56. The largest absolute Gasteiger partial charge is 0.383 e. The van der Waals surface area contributed by atoms with Crippen LogP contribution in [0.5, 0.6) is 0 Å². The van der Waals surface area contributed by atoms with Crippen LogP contribution in [0.1, 0.15) is 6.92 Å². The molecule has 0 atom stereocenters. The third-order valence-corrected chi connectivity index (χ3v) is 5.21. The summed E-state index contributed by atoms with van der Waals surface area (Å²) >= 11 is 4.52. The van der Waals surface area contributed by atoms with Gasteiger partial charge in [-0.2, -0.15) is 0 Å². The molecule has 5 nitrogen and oxygen atoms in total. The van der Waals surface area contributed by atoms with Crippen LogP contribution < -0.4 is 5.32 Å². The summed E-state index contributed by atoms with van der Waals surface area (Å²) in [5.74, 6) is 1.17. The van der Waals surface area contributed by atoms with Crippen molar-refractivity contribution in [1.29, 1.82) is 0 Å². The number of thioether (sulfide) groups is 2. The Morgan fingerprint density at radius 2 is 2.00 bits per heavy atom. The predicted octanol–water partition coefficient (Wildman–Crippen LogP) is 2.06. The van der Waals surface area contributed by atoms with Gasteiger partial charge in [0.05, 0.1) is 12.4 Å². The number of carbonyl (C=O) groups is 1. The quantitative estimate of drug-likeness (QED) is 0.427. The molecule has 1 aromatic heterocycles. The van der Waals surface area contributed by atoms with E-state index >= 15 is 0 Å². The first kappa shape index (κ1) is 16.5. The predicted molar refractivity (Wildman–Crippen MR) is 81.1 cm³/mol. The SMILES string of the molecule is C=C(C)CSc1nnc(SCC(=O)NCCOC)s1. The molecule has 0 bridgehead atoms. The van der Waals surface area contributed by atoms with Gasteiger partial charge in [0, 0.05) is 19.4 Å². The van der Waals surface area contributed by atoms with E-state index in [1.165, 1.54) is 23.1 Å². The van der Waals surface area contributed by atoms with Gasteiger partial charge in [-0.15, -0.1) is 10.2 Å². The second-order valence-corrected chi connectivity index (χ2v) is 7.13. The zero-order chi connectivity index (χ0) is 14.1. The number of aromatic nitrogens is 2. The Balaban J connectivity index is 2.25. The highest BCUT2D eigenvalue weighted by Crippen LogP contribution is 2.29. The highest BCUT2D eigenvalue weighted by molar-refractivity contribution is 8.03. The van der Waals surface area contributed by atoms with Crippen molar-refractivity contribution in [1.82, 2.24) is 15.5 Å². The Kier molecular flexibility index (Phi) is 8.11. The van der Waals surface area contributed by atoms with Crippen LogP contribution in [-0.2, 0) is 9.53 Å². The smallest absolute Gasteiger partial charge is 0.230 e. The standard InChI is InChI=1S/C11H17N3O2S3/c1-8(2)6-17-10-13-14-11(19-10)18-7-9(15)12-4-5-16-3/h1,4-7H2,2-3H3,(H,12,15). The highest BCUT2D eigenvalue weighted by Gasteiger charge is 2.08. The first-order valence-electron chi connectivity index (χ1n) is 5.61. The highest BCUT2D eigenvalue weighted by atomic mass is 32.2. The van der Waals surface area contributed by atoms with E-state index in [2.05, 4.69) is 22.1 Å². The van der Waals surface area contributed by atoms with Crippen molar-refractivity contribution in [3.8, 4) is 0 Å². The molecule has 0 radical (unpaired) electrons. The minimum absolute atomic E-state index is 0.0200. The van der Waals surface area contributed by atoms with E-state index in [9.17, 15) is 4.79 Å². The first-order chi connectivity index (χ1) is 9.11. The van der Waals surface area contributed by atoms with E-state index in [1.54, 1.807) is 18.9 Å². The Hall–Kier alpha value is -0.570. The summed E-state index contributed by atoms with van der Waals surface area (Å²) in [7, 11) is 1.60. The molecule has 19 heavy (non-hydrogen) atoms. The lowest BCUT2D eigenvalue weighted by Gasteiger charge is -2.02. The van der Waals surface area contributed by atoms with E-state index in [1.807, 2.05) is 6.92 Å². The molecular weight excluding hydrogens is 302 g/mol. The maximum atomic E-state index is 11.5. The fraction of sp³-hybridized carbons (Fsp3) is 0.545. The molecule has 1 aromatic rings. The number of rotatable bonds is 9. The number of hydrogen-bond donors (Lipinski definition) is 1. The fourth-order valence-corrected chi connectivity index (χ4v) is 3.66. The summed E-state index contributed by atoms with van der Waals surface area (Å²) < 4.78 is 6.57. The average Bonchev–Trinajstić information content (AvgIpc) is 2.82. The zero-order valence-electron chi connectivity index (χ0n) is 11.0. The minimum Gasteiger partial charge on any atom is -0.383 e. The Labute approximate surface area is 125 Å².